The molecular weight excluding hydrogens is 464 g/mol. The summed E-state index contributed by atoms with van der Waals surface area (Å²) in [5, 5.41) is 35.1. The highest BCUT2D eigenvalue weighted by Crippen LogP contribution is 2.39. The van der Waals surface area contributed by atoms with E-state index >= 15 is 0 Å². The van der Waals surface area contributed by atoms with Crippen LogP contribution in [0.1, 0.15) is 0 Å². The Bertz CT molecular complexity index is 1270. The van der Waals surface area contributed by atoms with E-state index in [1.54, 1.807) is 6.19 Å². The van der Waals surface area contributed by atoms with Crippen molar-refractivity contribution < 1.29 is 32.7 Å². The van der Waals surface area contributed by atoms with Gasteiger partial charge in [-0.05, 0) is 35.9 Å². The van der Waals surface area contributed by atoms with Crippen LogP contribution in [0.25, 0.3) is 10.8 Å². The van der Waals surface area contributed by atoms with Gasteiger partial charge in [0.15, 0.2) is 6.19 Å². The Morgan fingerprint density at radius 3 is 2.57 bits per heavy atom. The predicted octanol–water partition coefficient (Wildman–Crippen LogP) is 2.70. The molecule has 2 aromatic carbocycles. The van der Waals surface area contributed by atoms with Gasteiger partial charge < -0.3 is 10.4 Å². The zero-order valence-electron chi connectivity index (χ0n) is 14.3. The van der Waals surface area contributed by atoms with Crippen LogP contribution in [0.4, 0.5) is 17.6 Å². The van der Waals surface area contributed by atoms with Gasteiger partial charge in [-0.2, -0.15) is 28.6 Å². The molecule has 13 nitrogen and oxygen atoms in total. The highest BCUT2D eigenvalue weighted by atomic mass is 35.5. The maximum atomic E-state index is 12.1. The number of rotatable bonds is 7. The number of benzene rings is 2. The number of halogens is 1. The smallest absolute Gasteiger partial charge is 0.297 e. The van der Waals surface area contributed by atoms with Crippen molar-refractivity contribution in [2.45, 2.75) is 9.79 Å². The average Bonchev–Trinajstić information content (AvgIpc) is 2.64. The minimum absolute atomic E-state index is 0.0861. The Kier molecular flexibility index (Phi) is 6.38. The number of hydrogen-bond acceptors (Lipinski definition) is 13. The van der Waals surface area contributed by atoms with E-state index in [4.69, 9.17) is 22.1 Å². The number of anilines is 3. The molecule has 0 saturated heterocycles. The van der Waals surface area contributed by atoms with E-state index in [9.17, 15) is 18.1 Å². The highest BCUT2D eigenvalue weighted by molar-refractivity contribution is 7.94. The monoisotopic (exact) mass is 472 g/mol. The molecule has 0 bridgehead atoms. The van der Waals surface area contributed by atoms with Gasteiger partial charge in [0.25, 0.3) is 10.1 Å². The van der Waals surface area contributed by atoms with Crippen LogP contribution in [-0.2, 0) is 19.5 Å². The number of aromatic nitrogens is 3. The molecule has 0 spiro atoms. The van der Waals surface area contributed by atoms with Crippen molar-refractivity contribution in [2.24, 2.45) is 0 Å². The summed E-state index contributed by atoms with van der Waals surface area (Å²) in [6.07, 6.45) is 1.60. The zero-order chi connectivity index (χ0) is 21.9. The molecule has 0 radical (unpaired) electrons. The quantitative estimate of drug-likeness (QED) is 0.0838. The standard InChI is InChI=1S/C14H9ClN6O7S2/c15-12-19-13(17-5-16)21-14(20-12)18-9-2-1-7-8(11(9)30(24,25)26)3-6(4-10(7)22)29-28-27-23/h1-4,22-23H,(H,24,25,26)(H2,17,18,19,20,21). The molecule has 5 N–H and O–H groups in total. The Morgan fingerprint density at radius 1 is 1.17 bits per heavy atom. The number of phenolic OH excluding ortho intramolecular Hbond substituents is 1. The van der Waals surface area contributed by atoms with Gasteiger partial charge in [-0.3, -0.25) is 9.87 Å². The molecule has 0 saturated carbocycles. The van der Waals surface area contributed by atoms with Crippen LogP contribution >= 0.6 is 23.6 Å². The molecule has 0 atom stereocenters. The lowest BCUT2D eigenvalue weighted by Gasteiger charge is -2.14. The van der Waals surface area contributed by atoms with E-state index in [1.165, 1.54) is 24.3 Å². The first kappa shape index (κ1) is 21.7. The molecule has 0 aliphatic carbocycles. The van der Waals surface area contributed by atoms with Crippen LogP contribution < -0.4 is 10.6 Å². The van der Waals surface area contributed by atoms with Gasteiger partial charge in [0.1, 0.15) is 10.6 Å². The van der Waals surface area contributed by atoms with E-state index in [0.29, 0.717) is 12.0 Å². The van der Waals surface area contributed by atoms with E-state index in [2.05, 4.69) is 35.0 Å². The van der Waals surface area contributed by atoms with Gasteiger partial charge in [0.2, 0.25) is 17.2 Å². The molecule has 0 aliphatic heterocycles. The second-order valence-electron chi connectivity index (χ2n) is 5.29. The molecule has 1 aromatic heterocycles. The van der Waals surface area contributed by atoms with Gasteiger partial charge in [-0.25, -0.2) is 5.26 Å². The number of fused-ring (bicyclic) bond motifs is 1. The maximum absolute atomic E-state index is 12.1. The number of phenols is 1. The molecule has 0 fully saturated rings. The number of nitriles is 1. The van der Waals surface area contributed by atoms with Crippen molar-refractivity contribution in [3.63, 3.8) is 0 Å². The minimum Gasteiger partial charge on any atom is -0.507 e. The summed E-state index contributed by atoms with van der Waals surface area (Å²) in [6.45, 7) is 0. The lowest BCUT2D eigenvalue weighted by atomic mass is 10.1. The Labute approximate surface area is 177 Å². The van der Waals surface area contributed by atoms with Crippen molar-refractivity contribution in [3.05, 3.63) is 29.5 Å². The molecule has 0 aliphatic rings. The summed E-state index contributed by atoms with van der Waals surface area (Å²) in [5.74, 6) is -0.771. The first-order valence-electron chi connectivity index (χ1n) is 7.48. The van der Waals surface area contributed by atoms with Gasteiger partial charge in [-0.1, -0.05) is 5.04 Å². The molecular formula is C14H9ClN6O7S2. The van der Waals surface area contributed by atoms with Gasteiger partial charge in [0.05, 0.1) is 17.7 Å². The number of nitrogens with zero attached hydrogens (tertiary/aromatic N) is 4. The normalized spacial score (nSPS) is 11.3. The third-order valence-corrected chi connectivity index (χ3v) is 5.16. The predicted molar refractivity (Wildman–Crippen MR) is 103 cm³/mol. The molecule has 1 heterocycles. The van der Waals surface area contributed by atoms with E-state index in [1.807, 2.05) is 0 Å². The summed E-state index contributed by atoms with van der Waals surface area (Å²) < 4.78 is 38.3. The van der Waals surface area contributed by atoms with Crippen molar-refractivity contribution in [2.75, 3.05) is 10.6 Å². The van der Waals surface area contributed by atoms with Gasteiger partial charge >= 0.3 is 0 Å². The van der Waals surface area contributed by atoms with E-state index < -0.39 is 15.0 Å². The van der Waals surface area contributed by atoms with Crippen LogP contribution in [0, 0.1) is 11.5 Å². The van der Waals surface area contributed by atoms with Gasteiger partial charge in [0, 0.05) is 15.7 Å². The lowest BCUT2D eigenvalue weighted by Crippen LogP contribution is -2.08. The summed E-state index contributed by atoms with van der Waals surface area (Å²) in [6, 6.07) is 5.10. The summed E-state index contributed by atoms with van der Waals surface area (Å²) in [5.41, 5.74) is -0.170. The fourth-order valence-electron chi connectivity index (χ4n) is 2.47. The Hall–Kier alpha value is -2.97. The van der Waals surface area contributed by atoms with Gasteiger partial charge in [-0.15, -0.1) is 4.33 Å². The molecule has 0 amide bonds. The Balaban J connectivity index is 2.19. The number of aromatic hydroxyl groups is 1. The zero-order valence-corrected chi connectivity index (χ0v) is 16.7. The lowest BCUT2D eigenvalue weighted by molar-refractivity contribution is -0.432. The molecule has 156 valence electrons. The Morgan fingerprint density at radius 2 is 1.90 bits per heavy atom. The van der Waals surface area contributed by atoms with Crippen LogP contribution in [0.15, 0.2) is 34.1 Å². The van der Waals surface area contributed by atoms with Crippen LogP contribution in [0.5, 0.6) is 5.75 Å². The van der Waals surface area contributed by atoms with Crippen LogP contribution in [-0.4, -0.2) is 38.3 Å². The topological polar surface area (TPSA) is 200 Å². The fraction of sp³-hybridized carbons (Fsp3) is 0. The third-order valence-electron chi connectivity index (χ3n) is 3.48. The summed E-state index contributed by atoms with van der Waals surface area (Å²) in [4.78, 5) is 10.8. The SMILES string of the molecule is N#CNc1nc(Cl)nc(Nc2ccc3c(O)cc(SOOO)cc3c2S(=O)(=O)O)n1. The van der Waals surface area contributed by atoms with Crippen molar-refractivity contribution in [3.8, 4) is 11.9 Å². The minimum atomic E-state index is -4.84. The summed E-state index contributed by atoms with van der Waals surface area (Å²) >= 11 is 6.24. The molecule has 3 aromatic rings. The first-order chi connectivity index (χ1) is 14.2. The first-order valence-corrected chi connectivity index (χ1v) is 10.0. The molecule has 16 heteroatoms. The summed E-state index contributed by atoms with van der Waals surface area (Å²) in [7, 11) is -4.84. The van der Waals surface area contributed by atoms with E-state index in [-0.39, 0.29) is 44.3 Å². The van der Waals surface area contributed by atoms with E-state index in [0.717, 1.165) is 0 Å². The second kappa shape index (κ2) is 8.81. The maximum Gasteiger partial charge on any atom is 0.297 e. The fourth-order valence-corrected chi connectivity index (χ4v) is 3.91. The van der Waals surface area contributed by atoms with Crippen molar-refractivity contribution in [1.29, 1.82) is 5.26 Å². The van der Waals surface area contributed by atoms with Crippen LogP contribution in [0.3, 0.4) is 0 Å². The number of nitrogens with one attached hydrogen (secondary N) is 2. The average molecular weight is 473 g/mol. The second-order valence-corrected chi connectivity index (χ2v) is 7.76. The highest BCUT2D eigenvalue weighted by Gasteiger charge is 2.23. The largest absolute Gasteiger partial charge is 0.507 e. The molecule has 3 rings (SSSR count). The van der Waals surface area contributed by atoms with Crippen LogP contribution in [0.2, 0.25) is 5.28 Å². The van der Waals surface area contributed by atoms with Crippen molar-refractivity contribution >= 4 is 62.1 Å². The van der Waals surface area contributed by atoms with Crippen molar-refractivity contribution in [1.82, 2.24) is 15.0 Å². The third kappa shape index (κ3) is 4.77. The number of hydrogen-bond donors (Lipinski definition) is 5. The molecule has 30 heavy (non-hydrogen) atoms. The molecule has 0 unspecified atom stereocenters.